The fraction of sp³-hybridized carbons (Fsp3) is 0. The lowest BCUT2D eigenvalue weighted by Gasteiger charge is -2.09. The summed E-state index contributed by atoms with van der Waals surface area (Å²) in [6.45, 7) is 0. The monoisotopic (exact) mass is 370 g/mol. The van der Waals surface area contributed by atoms with Gasteiger partial charge in [-0.15, -0.1) is 0 Å². The van der Waals surface area contributed by atoms with Crippen LogP contribution in [0.15, 0.2) is 69.7 Å². The highest BCUT2D eigenvalue weighted by molar-refractivity contribution is 7.85. The standard InChI is InChI=1S/C17H12N2O6S/c20-16-6-4-13(9-15(16)17(21)22)19-18-12-3-1-11-8-14(26(23,24)25)5-2-10(11)7-12/h1-9,20H,(H,21,22)(H,23,24,25)/p-2. The minimum absolute atomic E-state index is 0.204. The van der Waals surface area contributed by atoms with Gasteiger partial charge in [0.25, 0.3) is 0 Å². The third-order valence-corrected chi connectivity index (χ3v) is 4.39. The van der Waals surface area contributed by atoms with Gasteiger partial charge in [-0.2, -0.15) is 10.2 Å². The van der Waals surface area contributed by atoms with Gasteiger partial charge in [-0.3, -0.25) is 0 Å². The van der Waals surface area contributed by atoms with Crippen molar-refractivity contribution >= 4 is 38.2 Å². The first-order chi connectivity index (χ1) is 12.2. The lowest BCUT2D eigenvalue weighted by molar-refractivity contribution is -0.268. The summed E-state index contributed by atoms with van der Waals surface area (Å²) >= 11 is 0. The highest BCUT2D eigenvalue weighted by atomic mass is 32.2. The summed E-state index contributed by atoms with van der Waals surface area (Å²) in [6, 6.07) is 12.3. The van der Waals surface area contributed by atoms with E-state index in [-0.39, 0.29) is 10.6 Å². The Morgan fingerprint density at radius 1 is 0.885 bits per heavy atom. The number of aromatic carboxylic acids is 1. The number of carboxylic acids is 1. The number of benzene rings is 3. The second-order valence-corrected chi connectivity index (χ2v) is 6.71. The molecule has 0 aromatic heterocycles. The Balaban J connectivity index is 1.93. The summed E-state index contributed by atoms with van der Waals surface area (Å²) in [5, 5.41) is 29.4. The van der Waals surface area contributed by atoms with Crippen LogP contribution in [0.3, 0.4) is 0 Å². The number of nitrogens with zero attached hydrogens (tertiary/aromatic N) is 2. The summed E-state index contributed by atoms with van der Waals surface area (Å²) in [7, 11) is -4.53. The number of hydrogen-bond donors (Lipinski definition) is 1. The summed E-state index contributed by atoms with van der Waals surface area (Å²) < 4.78 is 33.1. The second-order valence-electron chi connectivity index (χ2n) is 5.33. The molecule has 0 saturated heterocycles. The van der Waals surface area contributed by atoms with E-state index in [4.69, 9.17) is 5.11 Å². The van der Waals surface area contributed by atoms with E-state index in [9.17, 15) is 22.9 Å². The van der Waals surface area contributed by atoms with Crippen molar-refractivity contribution in [3.63, 3.8) is 0 Å². The average Bonchev–Trinajstić information content (AvgIpc) is 2.59. The van der Waals surface area contributed by atoms with Gasteiger partial charge in [-0.25, -0.2) is 13.2 Å². The van der Waals surface area contributed by atoms with Gasteiger partial charge in [0.15, 0.2) is 0 Å². The van der Waals surface area contributed by atoms with Crippen molar-refractivity contribution in [2.24, 2.45) is 10.2 Å². The van der Waals surface area contributed by atoms with Crippen LogP contribution in [0.2, 0.25) is 0 Å². The molecule has 0 spiro atoms. The van der Waals surface area contributed by atoms with Crippen LogP contribution in [0, 0.1) is 0 Å². The van der Waals surface area contributed by atoms with Gasteiger partial charge in [0.2, 0.25) is 0 Å². The maximum atomic E-state index is 11.4. The Kier molecular flexibility index (Phi) is 4.41. The van der Waals surface area contributed by atoms with Crippen molar-refractivity contribution < 1.29 is 28.0 Å². The van der Waals surface area contributed by atoms with Gasteiger partial charge in [-0.1, -0.05) is 23.9 Å². The predicted molar refractivity (Wildman–Crippen MR) is 88.9 cm³/mol. The summed E-state index contributed by atoms with van der Waals surface area (Å²) in [5.41, 5.74) is 0.236. The number of hydrogen-bond acceptors (Lipinski definition) is 7. The van der Waals surface area contributed by atoms with Gasteiger partial charge < -0.3 is 14.8 Å². The van der Waals surface area contributed by atoms with Gasteiger partial charge >= 0.3 is 5.97 Å². The molecule has 1 N–H and O–H groups in total. The number of carboxylic acid groups (broad SMARTS) is 1. The molecule has 0 radical (unpaired) electrons. The van der Waals surface area contributed by atoms with Crippen LogP contribution >= 0.6 is 0 Å². The van der Waals surface area contributed by atoms with Gasteiger partial charge in [0, 0.05) is 0 Å². The average molecular weight is 370 g/mol. The van der Waals surface area contributed by atoms with Crippen LogP contribution < -0.4 is 5.11 Å². The second kappa shape index (κ2) is 6.54. The summed E-state index contributed by atoms with van der Waals surface area (Å²) in [5.74, 6) is -1.96. The zero-order valence-electron chi connectivity index (χ0n) is 13.0. The fourth-order valence-electron chi connectivity index (χ4n) is 2.29. The number of carbonyl (C=O) groups is 1. The van der Waals surface area contributed by atoms with Crippen molar-refractivity contribution in [3.8, 4) is 5.75 Å². The Morgan fingerprint density at radius 2 is 1.46 bits per heavy atom. The van der Waals surface area contributed by atoms with Crippen molar-refractivity contribution in [2.75, 3.05) is 0 Å². The first kappa shape index (κ1) is 17.5. The highest BCUT2D eigenvalue weighted by Crippen LogP contribution is 2.27. The molecule has 0 heterocycles. The van der Waals surface area contributed by atoms with Crippen molar-refractivity contribution in [1.29, 1.82) is 0 Å². The van der Waals surface area contributed by atoms with Gasteiger partial charge in [0.05, 0.1) is 21.8 Å². The normalized spacial score (nSPS) is 11.9. The molecule has 3 rings (SSSR count). The molecule has 0 unspecified atom stereocenters. The van der Waals surface area contributed by atoms with Crippen molar-refractivity contribution in [2.45, 2.75) is 4.90 Å². The number of azo groups is 1. The molecule has 9 heteroatoms. The molecule has 0 bridgehead atoms. The molecule has 0 aliphatic carbocycles. The van der Waals surface area contributed by atoms with E-state index in [1.165, 1.54) is 24.3 Å². The molecule has 0 saturated carbocycles. The SMILES string of the molecule is O=C(O)c1cc(N=Nc2ccc3cc(S(=O)(=O)[O-])ccc3c2)ccc1[O-]. The lowest BCUT2D eigenvalue weighted by Crippen LogP contribution is -2.02. The largest absolute Gasteiger partial charge is 0.872 e. The number of fused-ring (bicyclic) bond motifs is 1. The van der Waals surface area contributed by atoms with E-state index in [2.05, 4.69) is 10.2 Å². The topological polar surface area (TPSA) is 142 Å². The maximum Gasteiger partial charge on any atom is 0.335 e. The Labute approximate surface area is 147 Å². The van der Waals surface area contributed by atoms with Crippen LogP contribution in [0.1, 0.15) is 10.4 Å². The van der Waals surface area contributed by atoms with E-state index in [1.54, 1.807) is 18.2 Å². The van der Waals surface area contributed by atoms with Crippen LogP contribution in [-0.2, 0) is 10.1 Å². The smallest absolute Gasteiger partial charge is 0.335 e. The van der Waals surface area contributed by atoms with Crippen LogP contribution in [0.5, 0.6) is 5.75 Å². The molecule has 0 atom stereocenters. The zero-order chi connectivity index (χ0) is 18.9. The third kappa shape index (κ3) is 3.68. The molecule has 0 fully saturated rings. The summed E-state index contributed by atoms with van der Waals surface area (Å²) in [6.07, 6.45) is 0. The zero-order valence-corrected chi connectivity index (χ0v) is 13.8. The fourth-order valence-corrected chi connectivity index (χ4v) is 2.80. The quantitative estimate of drug-likeness (QED) is 0.552. The first-order valence-electron chi connectivity index (χ1n) is 7.20. The first-order valence-corrected chi connectivity index (χ1v) is 8.61. The molecule has 26 heavy (non-hydrogen) atoms. The highest BCUT2D eigenvalue weighted by Gasteiger charge is 2.05. The van der Waals surface area contributed by atoms with Crippen LogP contribution in [0.25, 0.3) is 10.8 Å². The molecular formula is C17H10N2O6S-2. The summed E-state index contributed by atoms with van der Waals surface area (Å²) in [4.78, 5) is 10.6. The Hall–Kier alpha value is -3.30. The molecule has 3 aromatic rings. The molecule has 0 aliphatic heterocycles. The van der Waals surface area contributed by atoms with E-state index < -0.39 is 27.4 Å². The molecule has 0 amide bonds. The molecule has 3 aromatic carbocycles. The van der Waals surface area contributed by atoms with Gasteiger partial charge in [0.1, 0.15) is 10.1 Å². The van der Waals surface area contributed by atoms with Crippen LogP contribution in [0.4, 0.5) is 11.4 Å². The molecule has 8 nitrogen and oxygen atoms in total. The molecule has 132 valence electrons. The maximum absolute atomic E-state index is 11.4. The van der Waals surface area contributed by atoms with Gasteiger partial charge in [-0.05, 0) is 47.2 Å². The predicted octanol–water partition coefficient (Wildman–Crippen LogP) is 2.93. The molecule has 0 aliphatic rings. The third-order valence-electron chi connectivity index (χ3n) is 3.56. The van der Waals surface area contributed by atoms with E-state index in [0.717, 1.165) is 12.1 Å². The van der Waals surface area contributed by atoms with Crippen LogP contribution in [-0.4, -0.2) is 24.0 Å². The van der Waals surface area contributed by atoms with E-state index in [1.807, 2.05) is 0 Å². The Bertz CT molecular complexity index is 1160. The van der Waals surface area contributed by atoms with Crippen molar-refractivity contribution in [3.05, 3.63) is 60.2 Å². The minimum atomic E-state index is -4.53. The molecular weight excluding hydrogens is 360 g/mol. The van der Waals surface area contributed by atoms with E-state index in [0.29, 0.717) is 16.5 Å². The number of rotatable bonds is 4. The van der Waals surface area contributed by atoms with Crippen molar-refractivity contribution in [1.82, 2.24) is 0 Å². The van der Waals surface area contributed by atoms with E-state index >= 15 is 0 Å². The lowest BCUT2D eigenvalue weighted by atomic mass is 10.1. The minimum Gasteiger partial charge on any atom is -0.872 e. The Morgan fingerprint density at radius 3 is 2.12 bits per heavy atom.